The monoisotopic (exact) mass is 245 g/mol. The molecule has 3 rings (SSSR count). The molecular weight excluding hydrogens is 226 g/mol. The predicted octanol–water partition coefficient (Wildman–Crippen LogP) is 2.76. The number of aryl methyl sites for hydroxylation is 1. The summed E-state index contributed by atoms with van der Waals surface area (Å²) in [5.41, 5.74) is 0. The fraction of sp³-hybridized carbons (Fsp3) is 0.533. The quantitative estimate of drug-likeness (QED) is 0.767. The summed E-state index contributed by atoms with van der Waals surface area (Å²) in [6.45, 7) is 2.50. The number of hydrogen-bond acceptors (Lipinski definition) is 2. The van der Waals surface area contributed by atoms with Crippen molar-refractivity contribution in [2.24, 2.45) is 17.8 Å². The molecule has 3 atom stereocenters. The second kappa shape index (κ2) is 4.30. The number of hydrogen-bond donors (Lipinski definition) is 0. The Morgan fingerprint density at radius 3 is 2.78 bits per heavy atom. The molecule has 1 aromatic heterocycles. The molecule has 2 bridgehead atoms. The summed E-state index contributed by atoms with van der Waals surface area (Å²) in [6, 6.07) is 3.88. The van der Waals surface area contributed by atoms with Gasteiger partial charge in [0, 0.05) is 13.0 Å². The normalized spacial score (nSPS) is 28.9. The van der Waals surface area contributed by atoms with Crippen molar-refractivity contribution in [1.29, 1.82) is 0 Å². The predicted molar refractivity (Wildman–Crippen MR) is 68.8 cm³/mol. The van der Waals surface area contributed by atoms with E-state index in [0.29, 0.717) is 18.4 Å². The van der Waals surface area contributed by atoms with E-state index in [1.165, 1.54) is 6.42 Å². The van der Waals surface area contributed by atoms with Crippen LogP contribution in [0.15, 0.2) is 28.7 Å². The molecule has 0 aliphatic heterocycles. The Bertz CT molecular complexity index is 488. The molecule has 2 aliphatic carbocycles. The largest absolute Gasteiger partial charge is 0.464 e. The maximum atomic E-state index is 12.4. The number of fused-ring (bicyclic) bond motifs is 2. The van der Waals surface area contributed by atoms with Crippen LogP contribution in [0, 0.1) is 24.7 Å². The van der Waals surface area contributed by atoms with Gasteiger partial charge in [-0.2, -0.15) is 0 Å². The Morgan fingerprint density at radius 1 is 1.39 bits per heavy atom. The van der Waals surface area contributed by atoms with E-state index in [0.717, 1.165) is 17.9 Å². The van der Waals surface area contributed by atoms with E-state index < -0.39 is 0 Å². The fourth-order valence-corrected chi connectivity index (χ4v) is 3.23. The van der Waals surface area contributed by atoms with Gasteiger partial charge in [0.2, 0.25) is 5.91 Å². The summed E-state index contributed by atoms with van der Waals surface area (Å²) in [4.78, 5) is 14.2. The Labute approximate surface area is 107 Å². The summed E-state index contributed by atoms with van der Waals surface area (Å²) in [5.74, 6) is 3.34. The Morgan fingerprint density at radius 2 is 2.22 bits per heavy atom. The Balaban J connectivity index is 1.64. The average Bonchev–Trinajstić information content (AvgIpc) is 3.04. The molecule has 3 nitrogen and oxygen atoms in total. The van der Waals surface area contributed by atoms with Crippen LogP contribution in [0.3, 0.4) is 0 Å². The van der Waals surface area contributed by atoms with Gasteiger partial charge in [0.15, 0.2) is 0 Å². The van der Waals surface area contributed by atoms with E-state index in [2.05, 4.69) is 12.2 Å². The molecule has 3 heteroatoms. The highest BCUT2D eigenvalue weighted by Crippen LogP contribution is 2.44. The first-order valence-electron chi connectivity index (χ1n) is 6.62. The van der Waals surface area contributed by atoms with Gasteiger partial charge in [-0.15, -0.1) is 0 Å². The van der Waals surface area contributed by atoms with Gasteiger partial charge in [-0.3, -0.25) is 4.79 Å². The zero-order chi connectivity index (χ0) is 12.7. The van der Waals surface area contributed by atoms with E-state index in [1.54, 1.807) is 4.90 Å². The second-order valence-corrected chi connectivity index (χ2v) is 5.59. The summed E-state index contributed by atoms with van der Waals surface area (Å²) < 4.78 is 5.52. The van der Waals surface area contributed by atoms with Crippen molar-refractivity contribution in [2.45, 2.75) is 26.3 Å². The van der Waals surface area contributed by atoms with Crippen LogP contribution in [0.4, 0.5) is 0 Å². The number of carbonyl (C=O) groups excluding carboxylic acids is 1. The van der Waals surface area contributed by atoms with Crippen molar-refractivity contribution in [3.63, 3.8) is 0 Å². The van der Waals surface area contributed by atoms with E-state index in [4.69, 9.17) is 4.42 Å². The van der Waals surface area contributed by atoms with Crippen LogP contribution >= 0.6 is 0 Å². The third kappa shape index (κ3) is 1.98. The summed E-state index contributed by atoms with van der Waals surface area (Å²) in [6.07, 6.45) is 6.69. The third-order valence-corrected chi connectivity index (χ3v) is 4.16. The molecule has 0 saturated heterocycles. The van der Waals surface area contributed by atoms with Gasteiger partial charge in [-0.05, 0) is 43.7 Å². The molecule has 0 N–H and O–H groups in total. The van der Waals surface area contributed by atoms with Crippen molar-refractivity contribution >= 4 is 5.91 Å². The molecule has 1 amide bonds. The SMILES string of the molecule is Cc1ccc(CN(C)C(=O)C2CC3C=CC2C3)o1. The van der Waals surface area contributed by atoms with Crippen LogP contribution in [-0.4, -0.2) is 17.9 Å². The van der Waals surface area contributed by atoms with Crippen LogP contribution in [-0.2, 0) is 11.3 Å². The topological polar surface area (TPSA) is 33.5 Å². The highest BCUT2D eigenvalue weighted by molar-refractivity contribution is 5.79. The molecule has 18 heavy (non-hydrogen) atoms. The van der Waals surface area contributed by atoms with Gasteiger partial charge in [0.05, 0.1) is 6.54 Å². The van der Waals surface area contributed by atoms with Crippen molar-refractivity contribution < 1.29 is 9.21 Å². The Hall–Kier alpha value is -1.51. The summed E-state index contributed by atoms with van der Waals surface area (Å²) in [5, 5.41) is 0. The first-order chi connectivity index (χ1) is 8.63. The molecule has 1 fully saturated rings. The van der Waals surface area contributed by atoms with Gasteiger partial charge < -0.3 is 9.32 Å². The molecular formula is C15H19NO2. The van der Waals surface area contributed by atoms with E-state index in [1.807, 2.05) is 26.1 Å². The molecule has 0 radical (unpaired) electrons. The van der Waals surface area contributed by atoms with Crippen molar-refractivity contribution in [3.8, 4) is 0 Å². The molecule has 1 heterocycles. The lowest BCUT2D eigenvalue weighted by molar-refractivity contribution is -0.135. The lowest BCUT2D eigenvalue weighted by atomic mass is 9.92. The maximum absolute atomic E-state index is 12.4. The van der Waals surface area contributed by atoms with Gasteiger partial charge in [0.1, 0.15) is 11.5 Å². The number of allylic oxidation sites excluding steroid dienone is 2. The average molecular weight is 245 g/mol. The van der Waals surface area contributed by atoms with E-state index in [9.17, 15) is 4.79 Å². The highest BCUT2D eigenvalue weighted by atomic mass is 16.3. The molecule has 1 aromatic rings. The van der Waals surface area contributed by atoms with E-state index in [-0.39, 0.29) is 11.8 Å². The number of nitrogens with zero attached hydrogens (tertiary/aromatic N) is 1. The summed E-state index contributed by atoms with van der Waals surface area (Å²) in [7, 11) is 1.87. The molecule has 2 aliphatic rings. The van der Waals surface area contributed by atoms with Crippen LogP contribution < -0.4 is 0 Å². The van der Waals surface area contributed by atoms with Crippen LogP contribution in [0.1, 0.15) is 24.4 Å². The number of furan rings is 1. The van der Waals surface area contributed by atoms with E-state index >= 15 is 0 Å². The summed E-state index contributed by atoms with van der Waals surface area (Å²) >= 11 is 0. The van der Waals surface area contributed by atoms with Gasteiger partial charge in [0.25, 0.3) is 0 Å². The smallest absolute Gasteiger partial charge is 0.226 e. The van der Waals surface area contributed by atoms with Crippen LogP contribution in [0.25, 0.3) is 0 Å². The van der Waals surface area contributed by atoms with Gasteiger partial charge in [-0.25, -0.2) is 0 Å². The van der Waals surface area contributed by atoms with Crippen molar-refractivity contribution in [1.82, 2.24) is 4.90 Å². The lowest BCUT2D eigenvalue weighted by Gasteiger charge is -2.24. The minimum atomic E-state index is 0.195. The minimum absolute atomic E-state index is 0.195. The standard InChI is InChI=1S/C15H19NO2/c1-10-3-6-13(18-10)9-16(2)15(17)14-8-11-4-5-12(14)7-11/h3-6,11-12,14H,7-9H2,1-2H3. The molecule has 0 aromatic carbocycles. The maximum Gasteiger partial charge on any atom is 0.226 e. The van der Waals surface area contributed by atoms with Crippen molar-refractivity contribution in [3.05, 3.63) is 35.8 Å². The van der Waals surface area contributed by atoms with Crippen LogP contribution in [0.5, 0.6) is 0 Å². The first kappa shape index (κ1) is 11.6. The zero-order valence-electron chi connectivity index (χ0n) is 10.9. The second-order valence-electron chi connectivity index (χ2n) is 5.59. The zero-order valence-corrected chi connectivity index (χ0v) is 10.9. The Kier molecular flexibility index (Phi) is 2.77. The fourth-order valence-electron chi connectivity index (χ4n) is 3.23. The highest BCUT2D eigenvalue weighted by Gasteiger charge is 2.40. The lowest BCUT2D eigenvalue weighted by Crippen LogP contribution is -2.34. The molecule has 3 unspecified atom stereocenters. The number of rotatable bonds is 3. The minimum Gasteiger partial charge on any atom is -0.464 e. The van der Waals surface area contributed by atoms with Crippen molar-refractivity contribution in [2.75, 3.05) is 7.05 Å². The molecule has 0 spiro atoms. The van der Waals surface area contributed by atoms with Gasteiger partial charge in [-0.1, -0.05) is 12.2 Å². The number of amides is 1. The number of carbonyl (C=O) groups is 1. The first-order valence-corrected chi connectivity index (χ1v) is 6.62. The van der Waals surface area contributed by atoms with Crippen LogP contribution in [0.2, 0.25) is 0 Å². The molecule has 96 valence electrons. The molecule has 1 saturated carbocycles. The third-order valence-electron chi connectivity index (χ3n) is 4.16. The van der Waals surface area contributed by atoms with Gasteiger partial charge >= 0.3 is 0 Å².